The number of nitrogens with zero attached hydrogens (tertiary/aromatic N) is 2. The zero-order valence-corrected chi connectivity index (χ0v) is 14.2. The number of aromatic nitrogens is 1. The second kappa shape index (κ2) is 8.15. The predicted molar refractivity (Wildman–Crippen MR) is 95.1 cm³/mol. The molecule has 0 aliphatic heterocycles. The van der Waals surface area contributed by atoms with E-state index in [4.69, 9.17) is 0 Å². The second-order valence-corrected chi connectivity index (χ2v) is 6.18. The molecule has 0 aliphatic rings. The number of rotatable bonds is 6. The van der Waals surface area contributed by atoms with Gasteiger partial charge in [-0.15, -0.1) is 0 Å². The molecule has 0 bridgehead atoms. The Balaban J connectivity index is 1.76. The van der Waals surface area contributed by atoms with Crippen LogP contribution in [0.2, 0.25) is 0 Å². The lowest BCUT2D eigenvalue weighted by Crippen LogP contribution is -2.22. The van der Waals surface area contributed by atoms with Gasteiger partial charge in [-0.1, -0.05) is 42.5 Å². The maximum absolute atomic E-state index is 12.7. The summed E-state index contributed by atoms with van der Waals surface area (Å²) < 4.78 is 38.2. The van der Waals surface area contributed by atoms with E-state index >= 15 is 0 Å². The molecule has 2 nitrogen and oxygen atoms in total. The largest absolute Gasteiger partial charge is 0.416 e. The minimum absolute atomic E-state index is 0.565. The lowest BCUT2D eigenvalue weighted by Gasteiger charge is -2.23. The summed E-state index contributed by atoms with van der Waals surface area (Å²) in [6.45, 7) is 1.97. The Kier molecular flexibility index (Phi) is 5.68. The standard InChI is InChI=1S/C21H19F3N2/c22-21(23,24)20-8-6-18(7-9-20)15-26(14-17-4-2-1-3-5-17)16-19-10-12-25-13-11-19/h1-13H,14-16H2. The van der Waals surface area contributed by atoms with Gasteiger partial charge in [0.1, 0.15) is 0 Å². The fourth-order valence-corrected chi connectivity index (χ4v) is 2.81. The molecule has 1 aromatic heterocycles. The molecule has 0 spiro atoms. The molecule has 134 valence electrons. The second-order valence-electron chi connectivity index (χ2n) is 6.18. The van der Waals surface area contributed by atoms with Crippen molar-refractivity contribution in [2.24, 2.45) is 0 Å². The van der Waals surface area contributed by atoms with E-state index in [9.17, 15) is 13.2 Å². The summed E-state index contributed by atoms with van der Waals surface area (Å²) in [6.07, 6.45) is -0.818. The van der Waals surface area contributed by atoms with Crippen LogP contribution in [0, 0.1) is 0 Å². The van der Waals surface area contributed by atoms with E-state index in [1.807, 2.05) is 42.5 Å². The molecule has 0 radical (unpaired) electrons. The lowest BCUT2D eigenvalue weighted by atomic mass is 10.1. The van der Waals surface area contributed by atoms with Crippen molar-refractivity contribution < 1.29 is 13.2 Å². The highest BCUT2D eigenvalue weighted by Gasteiger charge is 2.29. The van der Waals surface area contributed by atoms with Gasteiger partial charge in [0, 0.05) is 32.0 Å². The summed E-state index contributed by atoms with van der Waals surface area (Å²) in [6, 6.07) is 19.3. The van der Waals surface area contributed by atoms with Gasteiger partial charge in [0.05, 0.1) is 5.56 Å². The number of benzene rings is 2. The van der Waals surface area contributed by atoms with Gasteiger partial charge in [0.2, 0.25) is 0 Å². The third kappa shape index (κ3) is 5.17. The van der Waals surface area contributed by atoms with Crippen LogP contribution in [0.1, 0.15) is 22.3 Å². The van der Waals surface area contributed by atoms with Crippen LogP contribution in [0.3, 0.4) is 0 Å². The average molecular weight is 356 g/mol. The van der Waals surface area contributed by atoms with Crippen molar-refractivity contribution >= 4 is 0 Å². The van der Waals surface area contributed by atoms with Crippen molar-refractivity contribution in [1.29, 1.82) is 0 Å². The van der Waals surface area contributed by atoms with Crippen LogP contribution in [-0.4, -0.2) is 9.88 Å². The summed E-state index contributed by atoms with van der Waals surface area (Å²) >= 11 is 0. The minimum Gasteiger partial charge on any atom is -0.291 e. The Labute approximate surface area is 150 Å². The average Bonchev–Trinajstić information content (AvgIpc) is 2.63. The first kappa shape index (κ1) is 18.1. The summed E-state index contributed by atoms with van der Waals surface area (Å²) in [4.78, 5) is 6.23. The van der Waals surface area contributed by atoms with E-state index in [1.165, 1.54) is 0 Å². The van der Waals surface area contributed by atoms with Gasteiger partial charge < -0.3 is 0 Å². The van der Waals surface area contributed by atoms with Gasteiger partial charge in [-0.25, -0.2) is 0 Å². The quantitative estimate of drug-likeness (QED) is 0.596. The van der Waals surface area contributed by atoms with E-state index < -0.39 is 11.7 Å². The van der Waals surface area contributed by atoms with Crippen LogP contribution in [0.5, 0.6) is 0 Å². The molecule has 3 aromatic rings. The Bertz CT molecular complexity index is 759. The number of hydrogen-bond donors (Lipinski definition) is 0. The van der Waals surface area contributed by atoms with Gasteiger partial charge in [-0.3, -0.25) is 9.88 Å². The van der Waals surface area contributed by atoms with Crippen molar-refractivity contribution in [3.8, 4) is 0 Å². The van der Waals surface area contributed by atoms with Crippen molar-refractivity contribution in [3.63, 3.8) is 0 Å². The van der Waals surface area contributed by atoms with Gasteiger partial charge in [0.25, 0.3) is 0 Å². The monoisotopic (exact) mass is 356 g/mol. The summed E-state index contributed by atoms with van der Waals surface area (Å²) in [5, 5.41) is 0. The first-order valence-corrected chi connectivity index (χ1v) is 8.32. The fourth-order valence-electron chi connectivity index (χ4n) is 2.81. The first-order valence-electron chi connectivity index (χ1n) is 8.32. The lowest BCUT2D eigenvalue weighted by molar-refractivity contribution is -0.137. The van der Waals surface area contributed by atoms with Crippen LogP contribution in [0.15, 0.2) is 79.1 Å². The van der Waals surface area contributed by atoms with Crippen molar-refractivity contribution in [2.75, 3.05) is 0 Å². The zero-order valence-electron chi connectivity index (χ0n) is 14.2. The number of alkyl halides is 3. The van der Waals surface area contributed by atoms with Crippen LogP contribution in [0.25, 0.3) is 0 Å². The number of hydrogen-bond acceptors (Lipinski definition) is 2. The van der Waals surface area contributed by atoms with Crippen LogP contribution in [-0.2, 0) is 25.8 Å². The van der Waals surface area contributed by atoms with Crippen LogP contribution < -0.4 is 0 Å². The summed E-state index contributed by atoms with van der Waals surface area (Å²) in [5.74, 6) is 0. The molecule has 5 heteroatoms. The van der Waals surface area contributed by atoms with E-state index in [2.05, 4.69) is 9.88 Å². The Hall–Kier alpha value is -2.66. The summed E-state index contributed by atoms with van der Waals surface area (Å²) in [5.41, 5.74) is 2.50. The van der Waals surface area contributed by atoms with E-state index in [0.717, 1.165) is 28.8 Å². The number of pyridine rings is 1. The highest BCUT2D eigenvalue weighted by Crippen LogP contribution is 2.29. The molecule has 0 atom stereocenters. The van der Waals surface area contributed by atoms with Crippen LogP contribution >= 0.6 is 0 Å². The third-order valence-electron chi connectivity index (χ3n) is 4.09. The normalized spacial score (nSPS) is 11.7. The molecular formula is C21H19F3N2. The van der Waals surface area contributed by atoms with Crippen molar-refractivity contribution in [3.05, 3.63) is 101 Å². The first-order chi connectivity index (χ1) is 12.5. The zero-order chi connectivity index (χ0) is 18.4. The smallest absolute Gasteiger partial charge is 0.291 e. The molecule has 2 aromatic carbocycles. The molecule has 26 heavy (non-hydrogen) atoms. The maximum atomic E-state index is 12.7. The highest BCUT2D eigenvalue weighted by atomic mass is 19.4. The molecule has 0 N–H and O–H groups in total. The molecular weight excluding hydrogens is 337 g/mol. The number of halogens is 3. The Morgan fingerprint density at radius 3 is 1.69 bits per heavy atom. The maximum Gasteiger partial charge on any atom is 0.416 e. The SMILES string of the molecule is FC(F)(F)c1ccc(CN(Cc2ccccc2)Cc2ccncc2)cc1. The van der Waals surface area contributed by atoms with E-state index in [0.29, 0.717) is 19.6 Å². The Morgan fingerprint density at radius 1 is 0.654 bits per heavy atom. The molecule has 0 saturated heterocycles. The van der Waals surface area contributed by atoms with Crippen molar-refractivity contribution in [1.82, 2.24) is 9.88 Å². The molecule has 0 unspecified atom stereocenters. The van der Waals surface area contributed by atoms with Crippen molar-refractivity contribution in [2.45, 2.75) is 25.8 Å². The third-order valence-corrected chi connectivity index (χ3v) is 4.09. The van der Waals surface area contributed by atoms with Gasteiger partial charge in [0.15, 0.2) is 0 Å². The molecule has 0 amide bonds. The van der Waals surface area contributed by atoms with Gasteiger partial charge >= 0.3 is 6.18 Å². The molecule has 0 aliphatic carbocycles. The Morgan fingerprint density at radius 2 is 1.15 bits per heavy atom. The minimum atomic E-state index is -4.31. The molecule has 3 rings (SSSR count). The van der Waals surface area contributed by atoms with Gasteiger partial charge in [-0.05, 0) is 41.0 Å². The van der Waals surface area contributed by atoms with Gasteiger partial charge in [-0.2, -0.15) is 13.2 Å². The van der Waals surface area contributed by atoms with E-state index in [-0.39, 0.29) is 0 Å². The predicted octanol–water partition coefficient (Wildman–Crippen LogP) is 5.30. The highest BCUT2D eigenvalue weighted by molar-refractivity contribution is 5.25. The van der Waals surface area contributed by atoms with Crippen LogP contribution in [0.4, 0.5) is 13.2 Å². The molecule has 1 heterocycles. The topological polar surface area (TPSA) is 16.1 Å². The molecule has 0 saturated carbocycles. The fraction of sp³-hybridized carbons (Fsp3) is 0.190. The van der Waals surface area contributed by atoms with E-state index in [1.54, 1.807) is 24.5 Å². The molecule has 0 fully saturated rings. The summed E-state index contributed by atoms with van der Waals surface area (Å²) in [7, 11) is 0.